The number of hydrogen-bond acceptors (Lipinski definition) is 2. The van der Waals surface area contributed by atoms with Crippen LogP contribution in [-0.4, -0.2) is 7.05 Å². The minimum absolute atomic E-state index is 0.680. The third-order valence-corrected chi connectivity index (χ3v) is 3.21. The van der Waals surface area contributed by atoms with Gasteiger partial charge in [0.1, 0.15) is 11.5 Å². The van der Waals surface area contributed by atoms with Crippen molar-refractivity contribution in [2.45, 2.75) is 20.4 Å². The first-order valence-electron chi connectivity index (χ1n) is 6.28. The molecule has 3 heteroatoms. The van der Waals surface area contributed by atoms with Crippen molar-refractivity contribution >= 4 is 11.6 Å². The summed E-state index contributed by atoms with van der Waals surface area (Å²) in [7, 11) is 1.89. The molecule has 0 radical (unpaired) electrons. The minimum atomic E-state index is 0.680. The average Bonchev–Trinajstić information content (AvgIpc) is 2.32. The van der Waals surface area contributed by atoms with Crippen LogP contribution < -0.4 is 10.1 Å². The molecule has 0 aliphatic rings. The normalized spacial score (nSPS) is 10.5. The second-order valence-corrected chi connectivity index (χ2v) is 5.08. The summed E-state index contributed by atoms with van der Waals surface area (Å²) in [5, 5.41) is 3.83. The van der Waals surface area contributed by atoms with Crippen LogP contribution in [0.3, 0.4) is 0 Å². The third kappa shape index (κ3) is 3.49. The first kappa shape index (κ1) is 13.9. The summed E-state index contributed by atoms with van der Waals surface area (Å²) in [6.07, 6.45) is 0. The third-order valence-electron chi connectivity index (χ3n) is 2.85. The van der Waals surface area contributed by atoms with E-state index >= 15 is 0 Å². The SMILES string of the molecule is CNCc1c(Cl)cccc1Oc1cc(C)cc(C)c1. The molecule has 1 N–H and O–H groups in total. The van der Waals surface area contributed by atoms with E-state index in [0.717, 1.165) is 22.1 Å². The van der Waals surface area contributed by atoms with Crippen LogP contribution in [0.5, 0.6) is 11.5 Å². The Hall–Kier alpha value is -1.51. The van der Waals surface area contributed by atoms with E-state index in [0.29, 0.717) is 6.54 Å². The Morgan fingerprint density at radius 2 is 1.79 bits per heavy atom. The van der Waals surface area contributed by atoms with Gasteiger partial charge in [0.25, 0.3) is 0 Å². The fourth-order valence-corrected chi connectivity index (χ4v) is 2.33. The lowest BCUT2D eigenvalue weighted by Gasteiger charge is -2.13. The lowest BCUT2D eigenvalue weighted by atomic mass is 10.1. The number of ether oxygens (including phenoxy) is 1. The Labute approximate surface area is 119 Å². The molecule has 0 unspecified atom stereocenters. The first-order valence-corrected chi connectivity index (χ1v) is 6.66. The zero-order valence-electron chi connectivity index (χ0n) is 11.5. The standard InChI is InChI=1S/C16H18ClNO/c1-11-7-12(2)9-13(8-11)19-16-6-4-5-15(17)14(16)10-18-3/h4-9,18H,10H2,1-3H3. The van der Waals surface area contributed by atoms with Gasteiger partial charge in [-0.2, -0.15) is 0 Å². The van der Waals surface area contributed by atoms with Crippen LogP contribution in [0.25, 0.3) is 0 Å². The summed E-state index contributed by atoms with van der Waals surface area (Å²) in [6, 6.07) is 11.9. The van der Waals surface area contributed by atoms with Crippen molar-refractivity contribution < 1.29 is 4.74 Å². The Kier molecular flexibility index (Phi) is 4.46. The molecule has 0 aromatic heterocycles. The molecule has 0 saturated carbocycles. The maximum absolute atomic E-state index is 6.22. The number of benzene rings is 2. The molecule has 2 aromatic carbocycles. The van der Waals surface area contributed by atoms with E-state index in [1.807, 2.05) is 37.4 Å². The highest BCUT2D eigenvalue weighted by atomic mass is 35.5. The highest BCUT2D eigenvalue weighted by Gasteiger charge is 2.08. The van der Waals surface area contributed by atoms with Gasteiger partial charge in [-0.3, -0.25) is 0 Å². The molecular weight excluding hydrogens is 258 g/mol. The molecule has 2 nitrogen and oxygen atoms in total. The first-order chi connectivity index (χ1) is 9.10. The molecule has 0 bridgehead atoms. The molecule has 0 amide bonds. The predicted molar refractivity (Wildman–Crippen MR) is 80.2 cm³/mol. The summed E-state index contributed by atoms with van der Waals surface area (Å²) in [5.74, 6) is 1.64. The summed E-state index contributed by atoms with van der Waals surface area (Å²) in [6.45, 7) is 4.80. The highest BCUT2D eigenvalue weighted by Crippen LogP contribution is 2.31. The number of rotatable bonds is 4. The van der Waals surface area contributed by atoms with Crippen molar-refractivity contribution in [2.24, 2.45) is 0 Å². The van der Waals surface area contributed by atoms with Gasteiger partial charge >= 0.3 is 0 Å². The highest BCUT2D eigenvalue weighted by molar-refractivity contribution is 6.31. The van der Waals surface area contributed by atoms with Gasteiger partial charge in [0.05, 0.1) is 0 Å². The topological polar surface area (TPSA) is 21.3 Å². The van der Waals surface area contributed by atoms with E-state index in [-0.39, 0.29) is 0 Å². The summed E-state index contributed by atoms with van der Waals surface area (Å²) < 4.78 is 5.98. The fraction of sp³-hybridized carbons (Fsp3) is 0.250. The van der Waals surface area contributed by atoms with Crippen LogP contribution in [0, 0.1) is 13.8 Å². The lowest BCUT2D eigenvalue weighted by Crippen LogP contribution is -2.07. The number of aryl methyl sites for hydroxylation is 2. The monoisotopic (exact) mass is 275 g/mol. The molecule has 0 fully saturated rings. The number of hydrogen-bond donors (Lipinski definition) is 1. The molecule has 0 saturated heterocycles. The Morgan fingerprint density at radius 3 is 2.42 bits per heavy atom. The van der Waals surface area contributed by atoms with Crippen LogP contribution >= 0.6 is 11.6 Å². The second kappa shape index (κ2) is 6.09. The molecule has 100 valence electrons. The quantitative estimate of drug-likeness (QED) is 0.889. The molecule has 2 aromatic rings. The van der Waals surface area contributed by atoms with Gasteiger partial charge in [0.2, 0.25) is 0 Å². The van der Waals surface area contributed by atoms with E-state index in [9.17, 15) is 0 Å². The number of nitrogens with one attached hydrogen (secondary N) is 1. The zero-order chi connectivity index (χ0) is 13.8. The largest absolute Gasteiger partial charge is 0.457 e. The van der Waals surface area contributed by atoms with E-state index in [1.165, 1.54) is 11.1 Å². The maximum Gasteiger partial charge on any atom is 0.133 e. The van der Waals surface area contributed by atoms with Crippen molar-refractivity contribution in [2.75, 3.05) is 7.05 Å². The van der Waals surface area contributed by atoms with Crippen molar-refractivity contribution in [3.05, 3.63) is 58.1 Å². The maximum atomic E-state index is 6.22. The van der Waals surface area contributed by atoms with Crippen molar-refractivity contribution in [3.8, 4) is 11.5 Å². The van der Waals surface area contributed by atoms with E-state index < -0.39 is 0 Å². The van der Waals surface area contributed by atoms with Gasteiger partial charge in [-0.15, -0.1) is 0 Å². The van der Waals surface area contributed by atoms with Crippen LogP contribution in [0.4, 0.5) is 0 Å². The van der Waals surface area contributed by atoms with Gasteiger partial charge in [-0.25, -0.2) is 0 Å². The van der Waals surface area contributed by atoms with Crippen LogP contribution in [0.15, 0.2) is 36.4 Å². The lowest BCUT2D eigenvalue weighted by molar-refractivity contribution is 0.473. The van der Waals surface area contributed by atoms with Crippen molar-refractivity contribution in [3.63, 3.8) is 0 Å². The average molecular weight is 276 g/mol. The molecular formula is C16H18ClNO. The molecule has 0 aliphatic heterocycles. The van der Waals surface area contributed by atoms with Gasteiger partial charge in [0, 0.05) is 17.1 Å². The van der Waals surface area contributed by atoms with Gasteiger partial charge < -0.3 is 10.1 Å². The predicted octanol–water partition coefficient (Wildman–Crippen LogP) is 4.47. The van der Waals surface area contributed by atoms with Crippen LogP contribution in [0.1, 0.15) is 16.7 Å². The summed E-state index contributed by atoms with van der Waals surface area (Å²) >= 11 is 6.22. The van der Waals surface area contributed by atoms with Gasteiger partial charge in [0.15, 0.2) is 0 Å². The Balaban J connectivity index is 2.34. The smallest absolute Gasteiger partial charge is 0.133 e. The Morgan fingerprint density at radius 1 is 1.11 bits per heavy atom. The van der Waals surface area contributed by atoms with E-state index in [2.05, 4.69) is 25.2 Å². The van der Waals surface area contributed by atoms with E-state index in [1.54, 1.807) is 0 Å². The molecule has 0 aliphatic carbocycles. The zero-order valence-corrected chi connectivity index (χ0v) is 12.2. The molecule has 0 spiro atoms. The number of halogens is 1. The minimum Gasteiger partial charge on any atom is -0.457 e. The summed E-state index contributed by atoms with van der Waals surface area (Å²) in [4.78, 5) is 0. The van der Waals surface area contributed by atoms with Crippen LogP contribution in [0.2, 0.25) is 5.02 Å². The fourth-order valence-electron chi connectivity index (χ4n) is 2.10. The van der Waals surface area contributed by atoms with Crippen molar-refractivity contribution in [1.82, 2.24) is 5.32 Å². The van der Waals surface area contributed by atoms with Crippen molar-refractivity contribution in [1.29, 1.82) is 0 Å². The summed E-state index contributed by atoms with van der Waals surface area (Å²) in [5.41, 5.74) is 3.35. The van der Waals surface area contributed by atoms with E-state index in [4.69, 9.17) is 16.3 Å². The Bertz CT molecular complexity index is 561. The molecule has 0 atom stereocenters. The molecule has 19 heavy (non-hydrogen) atoms. The molecule has 2 rings (SSSR count). The van der Waals surface area contributed by atoms with Gasteiger partial charge in [-0.1, -0.05) is 23.7 Å². The van der Waals surface area contributed by atoms with Crippen LogP contribution in [-0.2, 0) is 6.54 Å². The second-order valence-electron chi connectivity index (χ2n) is 4.67. The molecule has 0 heterocycles. The van der Waals surface area contributed by atoms with Gasteiger partial charge in [-0.05, 0) is 56.3 Å².